The number of carbonyl (C=O) groups is 1. The number of nitrogens with zero attached hydrogens (tertiary/aromatic N) is 4. The van der Waals surface area contributed by atoms with Crippen molar-refractivity contribution in [2.24, 2.45) is 0 Å². The van der Waals surface area contributed by atoms with Crippen LogP contribution in [0, 0.1) is 6.92 Å². The number of aryl methyl sites for hydroxylation is 1. The molecule has 1 fully saturated rings. The Morgan fingerprint density at radius 3 is 2.68 bits per heavy atom. The van der Waals surface area contributed by atoms with Gasteiger partial charge in [0.05, 0.1) is 5.69 Å². The summed E-state index contributed by atoms with van der Waals surface area (Å²) < 4.78 is 31.5. The van der Waals surface area contributed by atoms with E-state index < -0.39 is 10.0 Å². The van der Waals surface area contributed by atoms with Crippen LogP contribution in [0.25, 0.3) is 0 Å². The first-order valence-corrected chi connectivity index (χ1v) is 11.6. The Balaban J connectivity index is 1.39. The highest BCUT2D eigenvalue weighted by molar-refractivity contribution is 7.91. The van der Waals surface area contributed by atoms with Crippen molar-refractivity contribution < 1.29 is 17.7 Å². The summed E-state index contributed by atoms with van der Waals surface area (Å²) in [5.41, 5.74) is 0.910. The zero-order chi connectivity index (χ0) is 20.1. The van der Waals surface area contributed by atoms with Gasteiger partial charge in [-0.25, -0.2) is 12.7 Å². The normalized spacial score (nSPS) is 16.0. The molecule has 1 saturated heterocycles. The second-order valence-electron chi connectivity index (χ2n) is 6.95. The Bertz CT molecular complexity index is 871. The van der Waals surface area contributed by atoms with Crippen LogP contribution < -0.4 is 0 Å². The van der Waals surface area contributed by atoms with Crippen molar-refractivity contribution in [2.45, 2.75) is 30.5 Å². The molecule has 154 valence electrons. The summed E-state index contributed by atoms with van der Waals surface area (Å²) in [5.74, 6) is 0.883. The maximum Gasteiger partial charge on any atom is 0.252 e. The first-order valence-electron chi connectivity index (χ1n) is 9.28. The lowest BCUT2D eigenvalue weighted by Gasteiger charge is -2.34. The lowest BCUT2D eigenvalue weighted by molar-refractivity contribution is -0.133. The summed E-state index contributed by atoms with van der Waals surface area (Å²) >= 11 is 1.20. The fraction of sp³-hybridized carbons (Fsp3) is 0.556. The summed E-state index contributed by atoms with van der Waals surface area (Å²) in [6.45, 7) is 5.88. The van der Waals surface area contributed by atoms with Crippen LogP contribution in [0.5, 0.6) is 0 Å². The number of hydrogen-bond acceptors (Lipinski definition) is 7. The van der Waals surface area contributed by atoms with Crippen LogP contribution in [0.4, 0.5) is 0 Å². The predicted octanol–water partition coefficient (Wildman–Crippen LogP) is 1.79. The van der Waals surface area contributed by atoms with Crippen LogP contribution in [0.3, 0.4) is 0 Å². The van der Waals surface area contributed by atoms with Crippen LogP contribution in [0.15, 0.2) is 32.3 Å². The van der Waals surface area contributed by atoms with Crippen LogP contribution in [-0.2, 0) is 21.4 Å². The molecule has 1 amide bonds. The molecule has 0 bridgehead atoms. The number of amides is 1. The quantitative estimate of drug-likeness (QED) is 0.640. The molecule has 0 spiro atoms. The van der Waals surface area contributed by atoms with E-state index in [-0.39, 0.29) is 5.91 Å². The van der Waals surface area contributed by atoms with Gasteiger partial charge in [0.2, 0.25) is 5.91 Å². The molecule has 3 heterocycles. The number of carbonyl (C=O) groups excluding carboxylic acids is 1. The van der Waals surface area contributed by atoms with E-state index in [0.717, 1.165) is 31.1 Å². The van der Waals surface area contributed by atoms with Gasteiger partial charge in [0.15, 0.2) is 0 Å². The molecule has 0 saturated carbocycles. The van der Waals surface area contributed by atoms with Gasteiger partial charge < -0.3 is 9.42 Å². The molecule has 0 atom stereocenters. The lowest BCUT2D eigenvalue weighted by atomic mass is 10.2. The zero-order valence-corrected chi connectivity index (χ0v) is 17.8. The largest absolute Gasteiger partial charge is 0.361 e. The average molecular weight is 427 g/mol. The Morgan fingerprint density at radius 2 is 2.07 bits per heavy atom. The van der Waals surface area contributed by atoms with Crippen molar-refractivity contribution >= 4 is 27.3 Å². The van der Waals surface area contributed by atoms with E-state index in [4.69, 9.17) is 4.52 Å². The third-order valence-electron chi connectivity index (χ3n) is 4.81. The van der Waals surface area contributed by atoms with E-state index in [0.29, 0.717) is 36.7 Å². The number of thiophene rings is 1. The monoisotopic (exact) mass is 426 g/mol. The van der Waals surface area contributed by atoms with Crippen LogP contribution >= 0.6 is 11.3 Å². The molecule has 8 nitrogen and oxygen atoms in total. The molecule has 10 heteroatoms. The van der Waals surface area contributed by atoms with Crippen molar-refractivity contribution in [3.05, 3.63) is 35.0 Å². The van der Waals surface area contributed by atoms with Gasteiger partial charge >= 0.3 is 0 Å². The topological polar surface area (TPSA) is 87.0 Å². The van der Waals surface area contributed by atoms with Crippen LogP contribution in [-0.4, -0.2) is 73.4 Å². The second-order valence-corrected chi connectivity index (χ2v) is 10.2. The molecule has 0 N–H and O–H groups in total. The number of rotatable bonds is 8. The lowest BCUT2D eigenvalue weighted by Crippen LogP contribution is -2.48. The highest BCUT2D eigenvalue weighted by Gasteiger charge is 2.24. The van der Waals surface area contributed by atoms with Gasteiger partial charge in [-0.2, -0.15) is 0 Å². The molecule has 1 aliphatic heterocycles. The van der Waals surface area contributed by atoms with Gasteiger partial charge in [0.25, 0.3) is 10.0 Å². The number of sulfonamides is 1. The fourth-order valence-corrected chi connectivity index (χ4v) is 5.58. The van der Waals surface area contributed by atoms with Crippen molar-refractivity contribution in [1.82, 2.24) is 19.3 Å². The molecule has 0 unspecified atom stereocenters. The minimum absolute atomic E-state index is 0.0823. The molecular formula is C18H26N4O4S2. The van der Waals surface area contributed by atoms with Gasteiger partial charge in [-0.3, -0.25) is 9.69 Å². The maximum absolute atomic E-state index is 12.4. The molecule has 28 heavy (non-hydrogen) atoms. The minimum Gasteiger partial charge on any atom is -0.361 e. The van der Waals surface area contributed by atoms with E-state index in [2.05, 4.69) is 10.1 Å². The maximum atomic E-state index is 12.4. The third kappa shape index (κ3) is 5.19. The summed E-state index contributed by atoms with van der Waals surface area (Å²) in [4.78, 5) is 16.6. The van der Waals surface area contributed by atoms with E-state index in [9.17, 15) is 13.2 Å². The zero-order valence-electron chi connectivity index (χ0n) is 16.2. The Labute approximate surface area is 169 Å². The number of hydrogen-bond donors (Lipinski definition) is 0. The van der Waals surface area contributed by atoms with E-state index in [1.54, 1.807) is 24.6 Å². The number of aromatic nitrogens is 1. The Hall–Kier alpha value is -1.75. The standard InChI is InChI=1S/C18H26N4O4S2/c1-15-13-16(19-26-15)14-21-8-10-22(11-9-21)17(23)5-3-7-20(2)28(24,25)18-6-4-12-27-18/h4,6,12-13H,3,5,7-11,14H2,1-2H3. The summed E-state index contributed by atoms with van der Waals surface area (Å²) in [6, 6.07) is 5.25. The molecule has 2 aromatic heterocycles. The van der Waals surface area contributed by atoms with Crippen LogP contribution in [0.2, 0.25) is 0 Å². The first-order chi connectivity index (χ1) is 13.4. The second kappa shape index (κ2) is 9.17. The minimum atomic E-state index is -3.45. The van der Waals surface area contributed by atoms with Crippen molar-refractivity contribution in [1.29, 1.82) is 0 Å². The Kier molecular flexibility index (Phi) is 6.86. The summed E-state index contributed by atoms with van der Waals surface area (Å²) in [6.07, 6.45) is 0.866. The number of piperazine rings is 1. The molecule has 2 aromatic rings. The van der Waals surface area contributed by atoms with Crippen molar-refractivity contribution in [2.75, 3.05) is 39.8 Å². The predicted molar refractivity (Wildman–Crippen MR) is 106 cm³/mol. The van der Waals surface area contributed by atoms with E-state index in [1.165, 1.54) is 15.6 Å². The van der Waals surface area contributed by atoms with E-state index in [1.807, 2.05) is 17.9 Å². The van der Waals surface area contributed by atoms with Crippen molar-refractivity contribution in [3.8, 4) is 0 Å². The van der Waals surface area contributed by atoms with Gasteiger partial charge in [-0.1, -0.05) is 11.2 Å². The summed E-state index contributed by atoms with van der Waals surface area (Å²) in [5, 5.41) is 5.75. The molecule has 0 aliphatic carbocycles. The highest BCUT2D eigenvalue weighted by atomic mass is 32.2. The summed E-state index contributed by atoms with van der Waals surface area (Å²) in [7, 11) is -1.89. The molecule has 0 aromatic carbocycles. The van der Waals surface area contributed by atoms with Crippen molar-refractivity contribution in [3.63, 3.8) is 0 Å². The molecular weight excluding hydrogens is 400 g/mol. The highest BCUT2D eigenvalue weighted by Crippen LogP contribution is 2.20. The van der Waals surface area contributed by atoms with Crippen LogP contribution in [0.1, 0.15) is 24.3 Å². The third-order valence-corrected chi connectivity index (χ3v) is 8.04. The van der Waals surface area contributed by atoms with Gasteiger partial charge in [-0.05, 0) is 24.8 Å². The SMILES string of the molecule is Cc1cc(CN2CCN(C(=O)CCCN(C)S(=O)(=O)c3cccs3)CC2)no1. The fourth-order valence-electron chi connectivity index (χ4n) is 3.17. The van der Waals surface area contributed by atoms with E-state index >= 15 is 0 Å². The molecule has 3 rings (SSSR count). The molecule has 0 radical (unpaired) electrons. The van der Waals surface area contributed by atoms with Gasteiger partial charge in [0.1, 0.15) is 9.97 Å². The first kappa shape index (κ1) is 21.0. The average Bonchev–Trinajstić information content (AvgIpc) is 3.34. The smallest absolute Gasteiger partial charge is 0.252 e. The Morgan fingerprint density at radius 1 is 1.32 bits per heavy atom. The van der Waals surface area contributed by atoms with Gasteiger partial charge in [0, 0.05) is 58.8 Å². The molecule has 1 aliphatic rings. The van der Waals surface area contributed by atoms with Gasteiger partial charge in [-0.15, -0.1) is 11.3 Å².